The number of nitrogens with zero attached hydrogens (tertiary/aromatic N) is 3. The summed E-state index contributed by atoms with van der Waals surface area (Å²) < 4.78 is 31.1. The summed E-state index contributed by atoms with van der Waals surface area (Å²) >= 11 is 0. The lowest BCUT2D eigenvalue weighted by molar-refractivity contribution is 0.0941. The number of aromatic nitrogens is 3. The smallest absolute Gasteiger partial charge is 0.252 e. The normalized spacial score (nSPS) is 18.6. The molecule has 9 heteroatoms. The number of carbonyl (C=O) groups is 1. The Morgan fingerprint density at radius 1 is 1.31 bits per heavy atom. The van der Waals surface area contributed by atoms with Gasteiger partial charge in [0.2, 0.25) is 0 Å². The number of benzene rings is 1. The van der Waals surface area contributed by atoms with Gasteiger partial charge in [-0.1, -0.05) is 6.92 Å². The summed E-state index contributed by atoms with van der Waals surface area (Å²) in [6, 6.07) is 8.96. The van der Waals surface area contributed by atoms with Gasteiger partial charge in [0.05, 0.1) is 47.0 Å². The van der Waals surface area contributed by atoms with E-state index >= 15 is 0 Å². The van der Waals surface area contributed by atoms with Crippen LogP contribution in [0.4, 0.5) is 0 Å². The molecule has 170 valence electrons. The second-order valence-corrected chi connectivity index (χ2v) is 10.6. The summed E-state index contributed by atoms with van der Waals surface area (Å²) in [6.45, 7) is 5.80. The molecular formula is C23H28N4O4S. The van der Waals surface area contributed by atoms with Crippen LogP contribution in [-0.4, -0.2) is 53.7 Å². The summed E-state index contributed by atoms with van der Waals surface area (Å²) in [6.07, 6.45) is 1.30. The highest BCUT2D eigenvalue weighted by atomic mass is 32.2. The van der Waals surface area contributed by atoms with E-state index in [4.69, 9.17) is 9.72 Å². The van der Waals surface area contributed by atoms with Gasteiger partial charge in [0.1, 0.15) is 5.75 Å². The minimum absolute atomic E-state index is 0.0190. The zero-order chi connectivity index (χ0) is 23.0. The van der Waals surface area contributed by atoms with Crippen LogP contribution in [-0.2, 0) is 9.84 Å². The third-order valence-corrected chi connectivity index (χ3v) is 7.76. The van der Waals surface area contributed by atoms with Crippen LogP contribution in [0.3, 0.4) is 0 Å². The Labute approximate surface area is 187 Å². The molecule has 3 heterocycles. The van der Waals surface area contributed by atoms with E-state index in [2.05, 4.69) is 10.4 Å². The second-order valence-electron chi connectivity index (χ2n) is 8.35. The minimum Gasteiger partial charge on any atom is -0.497 e. The number of fused-ring (bicyclic) bond motifs is 1. The number of aryl methyl sites for hydroxylation is 1. The van der Waals surface area contributed by atoms with Crippen molar-refractivity contribution >= 4 is 26.8 Å². The highest BCUT2D eigenvalue weighted by Gasteiger charge is 2.32. The van der Waals surface area contributed by atoms with Crippen LogP contribution in [0.1, 0.15) is 48.8 Å². The number of sulfone groups is 1. The molecule has 0 aliphatic carbocycles. The van der Waals surface area contributed by atoms with E-state index in [0.29, 0.717) is 34.4 Å². The third-order valence-electron chi connectivity index (χ3n) is 6.01. The molecule has 1 aromatic carbocycles. The van der Waals surface area contributed by atoms with Gasteiger partial charge in [-0.2, -0.15) is 5.10 Å². The standard InChI is InChI=1S/C23H28N4O4S/c1-5-14(2)24-23(28)19-12-20(16-6-8-18(31-4)9-7-16)25-22-21(19)15(3)26-27(22)17-10-11-32(29,30)13-17/h6-9,12,14,17H,5,10-11,13H2,1-4H3,(H,24,28). The van der Waals surface area contributed by atoms with E-state index in [1.165, 1.54) is 0 Å². The van der Waals surface area contributed by atoms with Crippen molar-refractivity contribution in [2.24, 2.45) is 0 Å². The van der Waals surface area contributed by atoms with Gasteiger partial charge >= 0.3 is 0 Å². The van der Waals surface area contributed by atoms with Crippen LogP contribution < -0.4 is 10.1 Å². The number of carbonyl (C=O) groups excluding carboxylic acids is 1. The van der Waals surface area contributed by atoms with Crippen molar-refractivity contribution in [3.05, 3.63) is 41.6 Å². The molecule has 0 saturated carbocycles. The SMILES string of the molecule is CCC(C)NC(=O)c1cc(-c2ccc(OC)cc2)nc2c1c(C)nn2C1CCS(=O)(=O)C1. The fourth-order valence-electron chi connectivity index (χ4n) is 4.03. The van der Waals surface area contributed by atoms with Crippen LogP contribution in [0, 0.1) is 6.92 Å². The minimum atomic E-state index is -3.10. The molecule has 2 aromatic heterocycles. The fraction of sp³-hybridized carbons (Fsp3) is 0.435. The molecule has 8 nitrogen and oxygen atoms in total. The van der Waals surface area contributed by atoms with Gasteiger partial charge in [-0.25, -0.2) is 18.1 Å². The van der Waals surface area contributed by atoms with Crippen molar-refractivity contribution in [2.45, 2.75) is 45.7 Å². The molecule has 0 radical (unpaired) electrons. The first kappa shape index (κ1) is 22.3. The van der Waals surface area contributed by atoms with Crippen LogP contribution >= 0.6 is 0 Å². The zero-order valence-corrected chi connectivity index (χ0v) is 19.6. The molecular weight excluding hydrogens is 428 g/mol. The predicted molar refractivity (Wildman–Crippen MR) is 124 cm³/mol. The van der Waals surface area contributed by atoms with Crippen LogP contribution in [0.15, 0.2) is 30.3 Å². The van der Waals surface area contributed by atoms with E-state index in [-0.39, 0.29) is 29.5 Å². The van der Waals surface area contributed by atoms with Gasteiger partial charge in [0, 0.05) is 11.6 Å². The van der Waals surface area contributed by atoms with Crippen molar-refractivity contribution in [1.29, 1.82) is 0 Å². The molecule has 0 bridgehead atoms. The summed E-state index contributed by atoms with van der Waals surface area (Å²) in [5.41, 5.74) is 3.14. The Morgan fingerprint density at radius 3 is 2.62 bits per heavy atom. The number of rotatable bonds is 6. The molecule has 1 N–H and O–H groups in total. The van der Waals surface area contributed by atoms with Crippen LogP contribution in [0.5, 0.6) is 5.75 Å². The van der Waals surface area contributed by atoms with E-state index in [1.54, 1.807) is 17.9 Å². The molecule has 0 spiro atoms. The molecule has 1 aliphatic rings. The molecule has 4 rings (SSSR count). The number of hydrogen-bond donors (Lipinski definition) is 1. The number of nitrogens with one attached hydrogen (secondary N) is 1. The first-order chi connectivity index (χ1) is 15.2. The van der Waals surface area contributed by atoms with Crippen molar-refractivity contribution in [2.75, 3.05) is 18.6 Å². The lowest BCUT2D eigenvalue weighted by Crippen LogP contribution is -2.32. The molecule has 2 unspecified atom stereocenters. The second kappa shape index (κ2) is 8.54. The maximum Gasteiger partial charge on any atom is 0.252 e. The summed E-state index contributed by atoms with van der Waals surface area (Å²) in [5.74, 6) is 0.703. The van der Waals surface area contributed by atoms with E-state index in [0.717, 1.165) is 17.7 Å². The fourth-order valence-corrected chi connectivity index (χ4v) is 5.72. The van der Waals surface area contributed by atoms with Crippen molar-refractivity contribution in [1.82, 2.24) is 20.1 Å². The maximum atomic E-state index is 13.2. The first-order valence-corrected chi connectivity index (χ1v) is 12.6. The van der Waals surface area contributed by atoms with E-state index < -0.39 is 9.84 Å². The van der Waals surface area contributed by atoms with Gasteiger partial charge in [-0.3, -0.25) is 4.79 Å². The Hall–Kier alpha value is -2.94. The number of ether oxygens (including phenoxy) is 1. The van der Waals surface area contributed by atoms with Crippen molar-refractivity contribution in [3.63, 3.8) is 0 Å². The number of pyridine rings is 1. The van der Waals surface area contributed by atoms with E-state index in [1.807, 2.05) is 45.0 Å². The molecule has 1 amide bonds. The number of hydrogen-bond acceptors (Lipinski definition) is 6. The van der Waals surface area contributed by atoms with E-state index in [9.17, 15) is 13.2 Å². The lowest BCUT2D eigenvalue weighted by atomic mass is 10.0. The Bertz CT molecular complexity index is 1270. The zero-order valence-electron chi connectivity index (χ0n) is 18.8. The molecule has 3 aromatic rings. The summed E-state index contributed by atoms with van der Waals surface area (Å²) in [5, 5.41) is 8.33. The Morgan fingerprint density at radius 2 is 2.03 bits per heavy atom. The molecule has 2 atom stereocenters. The Balaban J connectivity index is 1.90. The van der Waals surface area contributed by atoms with Gasteiger partial charge in [0.15, 0.2) is 15.5 Å². The monoisotopic (exact) mass is 456 g/mol. The van der Waals surface area contributed by atoms with Crippen LogP contribution in [0.25, 0.3) is 22.3 Å². The number of methoxy groups -OCH3 is 1. The molecule has 1 saturated heterocycles. The quantitative estimate of drug-likeness (QED) is 0.610. The third kappa shape index (κ3) is 4.21. The molecule has 32 heavy (non-hydrogen) atoms. The maximum absolute atomic E-state index is 13.2. The van der Waals surface area contributed by atoms with Gasteiger partial charge in [-0.05, 0) is 57.0 Å². The molecule has 1 fully saturated rings. The van der Waals surface area contributed by atoms with Crippen molar-refractivity contribution < 1.29 is 17.9 Å². The average Bonchev–Trinajstić information content (AvgIpc) is 3.31. The van der Waals surface area contributed by atoms with Gasteiger partial charge in [0.25, 0.3) is 5.91 Å². The molecule has 1 aliphatic heterocycles. The first-order valence-electron chi connectivity index (χ1n) is 10.8. The van der Waals surface area contributed by atoms with Gasteiger partial charge < -0.3 is 10.1 Å². The predicted octanol–water partition coefficient (Wildman–Crippen LogP) is 3.30. The topological polar surface area (TPSA) is 103 Å². The van der Waals surface area contributed by atoms with Crippen molar-refractivity contribution in [3.8, 4) is 17.0 Å². The lowest BCUT2D eigenvalue weighted by Gasteiger charge is -2.14. The Kier molecular flexibility index (Phi) is 5.94. The average molecular weight is 457 g/mol. The number of amides is 1. The van der Waals surface area contributed by atoms with Gasteiger partial charge in [-0.15, -0.1) is 0 Å². The highest BCUT2D eigenvalue weighted by molar-refractivity contribution is 7.91. The highest BCUT2D eigenvalue weighted by Crippen LogP contribution is 2.32. The van der Waals surface area contributed by atoms with Crippen LogP contribution in [0.2, 0.25) is 0 Å². The largest absolute Gasteiger partial charge is 0.497 e. The summed E-state index contributed by atoms with van der Waals surface area (Å²) in [7, 11) is -1.50. The summed E-state index contributed by atoms with van der Waals surface area (Å²) in [4.78, 5) is 18.0.